The second-order valence-electron chi connectivity index (χ2n) is 9.24. The molecule has 1 N–H and O–H groups in total. The number of carbonyl (C=O) groups is 2. The molecule has 4 aromatic rings. The van der Waals surface area contributed by atoms with E-state index in [1.807, 2.05) is 62.4 Å². The zero-order chi connectivity index (χ0) is 23.0. The lowest BCUT2D eigenvalue weighted by Gasteiger charge is -2.19. The van der Waals surface area contributed by atoms with Gasteiger partial charge in [-0.1, -0.05) is 62.7 Å². The predicted molar refractivity (Wildman–Crippen MR) is 129 cm³/mol. The minimum atomic E-state index is -0.191. The average Bonchev–Trinajstić information content (AvgIpc) is 3.09. The first-order chi connectivity index (χ1) is 15.1. The first-order valence-corrected chi connectivity index (χ1v) is 10.7. The molecule has 0 aliphatic carbocycles. The van der Waals surface area contributed by atoms with Gasteiger partial charge in [-0.2, -0.15) is 0 Å². The zero-order valence-electron chi connectivity index (χ0n) is 19.1. The molecule has 0 radical (unpaired) electrons. The van der Waals surface area contributed by atoms with Crippen LogP contribution in [0.5, 0.6) is 0 Å². The topological polar surface area (TPSA) is 59.3 Å². The van der Waals surface area contributed by atoms with Gasteiger partial charge in [0.15, 0.2) is 5.76 Å². The number of nitrogens with one attached hydrogen (secondary N) is 1. The largest absolute Gasteiger partial charge is 0.452 e. The van der Waals surface area contributed by atoms with Crippen molar-refractivity contribution in [2.75, 3.05) is 5.32 Å². The standard InChI is InChI=1S/C28H27NO3/c1-17-6-8-19(9-7-17)25(30)26-18(2)23-15-14-22(16-24(23)32-26)29-27(31)20-10-12-21(13-11-20)28(3,4)5/h6-16H,1-5H3,(H,29,31). The number of hydrogen-bond donors (Lipinski definition) is 1. The van der Waals surface area contributed by atoms with Crippen molar-refractivity contribution < 1.29 is 14.0 Å². The lowest BCUT2D eigenvalue weighted by atomic mass is 9.87. The highest BCUT2D eigenvalue weighted by Crippen LogP contribution is 2.30. The number of furan rings is 1. The van der Waals surface area contributed by atoms with E-state index in [2.05, 4.69) is 26.1 Å². The molecule has 0 aliphatic heterocycles. The Balaban J connectivity index is 1.58. The van der Waals surface area contributed by atoms with Crippen LogP contribution in [0.4, 0.5) is 5.69 Å². The normalized spacial score (nSPS) is 11.5. The second-order valence-corrected chi connectivity index (χ2v) is 9.24. The van der Waals surface area contributed by atoms with E-state index in [1.165, 1.54) is 5.56 Å². The van der Waals surface area contributed by atoms with Crippen LogP contribution in [0.3, 0.4) is 0 Å². The van der Waals surface area contributed by atoms with Gasteiger partial charge in [-0.05, 0) is 49.1 Å². The minimum Gasteiger partial charge on any atom is -0.452 e. The minimum absolute atomic E-state index is 0.0326. The van der Waals surface area contributed by atoms with Gasteiger partial charge in [-0.3, -0.25) is 9.59 Å². The van der Waals surface area contributed by atoms with Gasteiger partial charge in [0.25, 0.3) is 5.91 Å². The molecular weight excluding hydrogens is 398 g/mol. The van der Waals surface area contributed by atoms with Crippen molar-refractivity contribution in [2.24, 2.45) is 0 Å². The molecular formula is C28H27NO3. The van der Waals surface area contributed by atoms with Gasteiger partial charge in [0.2, 0.25) is 5.78 Å². The number of ketones is 1. The summed E-state index contributed by atoms with van der Waals surface area (Å²) in [4.78, 5) is 25.6. The lowest BCUT2D eigenvalue weighted by Crippen LogP contribution is -2.14. The maximum Gasteiger partial charge on any atom is 0.255 e. The van der Waals surface area contributed by atoms with Gasteiger partial charge in [0, 0.05) is 33.8 Å². The second kappa shape index (κ2) is 8.12. The highest BCUT2D eigenvalue weighted by atomic mass is 16.3. The number of rotatable bonds is 4. The van der Waals surface area contributed by atoms with Crippen molar-refractivity contribution in [3.63, 3.8) is 0 Å². The number of benzene rings is 3. The van der Waals surface area contributed by atoms with E-state index < -0.39 is 0 Å². The third kappa shape index (κ3) is 4.22. The number of fused-ring (bicyclic) bond motifs is 1. The van der Waals surface area contributed by atoms with Gasteiger partial charge < -0.3 is 9.73 Å². The Labute approximate surface area is 188 Å². The molecule has 32 heavy (non-hydrogen) atoms. The molecule has 0 atom stereocenters. The number of anilines is 1. The van der Waals surface area contributed by atoms with Crippen molar-refractivity contribution in [3.05, 3.63) is 100 Å². The Bertz CT molecular complexity index is 1300. The fourth-order valence-corrected chi connectivity index (χ4v) is 3.68. The smallest absolute Gasteiger partial charge is 0.255 e. The van der Waals surface area contributed by atoms with Crippen molar-refractivity contribution in [3.8, 4) is 0 Å². The summed E-state index contributed by atoms with van der Waals surface area (Å²) in [5.74, 6) is -0.0163. The SMILES string of the molecule is Cc1ccc(C(=O)c2oc3cc(NC(=O)c4ccc(C(C)(C)C)cc4)ccc3c2C)cc1. The fourth-order valence-electron chi connectivity index (χ4n) is 3.68. The van der Waals surface area contributed by atoms with Crippen molar-refractivity contribution in [2.45, 2.75) is 40.0 Å². The van der Waals surface area contributed by atoms with Crippen LogP contribution >= 0.6 is 0 Å². The van der Waals surface area contributed by atoms with Crippen LogP contribution < -0.4 is 5.32 Å². The maximum absolute atomic E-state index is 12.9. The molecule has 162 valence electrons. The van der Waals surface area contributed by atoms with Crippen LogP contribution in [-0.2, 0) is 5.41 Å². The maximum atomic E-state index is 12.9. The Morgan fingerprint density at radius 2 is 1.44 bits per heavy atom. The molecule has 1 amide bonds. The Kier molecular flexibility index (Phi) is 5.47. The molecule has 3 aromatic carbocycles. The van der Waals surface area contributed by atoms with Crippen LogP contribution in [0, 0.1) is 13.8 Å². The van der Waals surface area contributed by atoms with E-state index in [1.54, 1.807) is 18.2 Å². The summed E-state index contributed by atoms with van der Waals surface area (Å²) in [6, 6.07) is 20.5. The van der Waals surface area contributed by atoms with E-state index >= 15 is 0 Å². The summed E-state index contributed by atoms with van der Waals surface area (Å²) in [5, 5.41) is 3.78. The van der Waals surface area contributed by atoms with Gasteiger partial charge >= 0.3 is 0 Å². The Morgan fingerprint density at radius 3 is 2.06 bits per heavy atom. The molecule has 1 heterocycles. The molecule has 0 saturated heterocycles. The number of aryl methyl sites for hydroxylation is 2. The zero-order valence-corrected chi connectivity index (χ0v) is 19.1. The van der Waals surface area contributed by atoms with Crippen LogP contribution in [0.15, 0.2) is 71.1 Å². The number of hydrogen-bond acceptors (Lipinski definition) is 3. The summed E-state index contributed by atoms with van der Waals surface area (Å²) in [7, 11) is 0. The summed E-state index contributed by atoms with van der Waals surface area (Å²) < 4.78 is 5.93. The Hall–Kier alpha value is -3.66. The summed E-state index contributed by atoms with van der Waals surface area (Å²) in [5.41, 5.74) is 5.45. The quantitative estimate of drug-likeness (QED) is 0.365. The molecule has 0 unspecified atom stereocenters. The predicted octanol–water partition coefficient (Wildman–Crippen LogP) is 6.83. The van der Waals surface area contributed by atoms with Gasteiger partial charge in [0.05, 0.1) is 0 Å². The number of carbonyl (C=O) groups excluding carboxylic acids is 2. The van der Waals surface area contributed by atoms with Crippen LogP contribution in [-0.4, -0.2) is 11.7 Å². The molecule has 0 spiro atoms. The molecule has 0 bridgehead atoms. The summed E-state index contributed by atoms with van der Waals surface area (Å²) in [6.45, 7) is 10.3. The van der Waals surface area contributed by atoms with Crippen LogP contribution in [0.2, 0.25) is 0 Å². The van der Waals surface area contributed by atoms with Crippen molar-refractivity contribution in [1.82, 2.24) is 0 Å². The van der Waals surface area contributed by atoms with E-state index in [9.17, 15) is 9.59 Å². The van der Waals surface area contributed by atoms with Crippen molar-refractivity contribution >= 4 is 28.3 Å². The molecule has 0 fully saturated rings. The Morgan fingerprint density at radius 1 is 0.812 bits per heavy atom. The van der Waals surface area contributed by atoms with Crippen LogP contribution in [0.1, 0.15) is 63.9 Å². The van der Waals surface area contributed by atoms with Crippen LogP contribution in [0.25, 0.3) is 11.0 Å². The lowest BCUT2D eigenvalue weighted by molar-refractivity contribution is 0.101. The third-order valence-corrected chi connectivity index (χ3v) is 5.73. The van der Waals surface area contributed by atoms with E-state index in [0.717, 1.165) is 16.5 Å². The molecule has 1 aromatic heterocycles. The number of amides is 1. The first-order valence-electron chi connectivity index (χ1n) is 10.7. The summed E-state index contributed by atoms with van der Waals surface area (Å²) >= 11 is 0. The fraction of sp³-hybridized carbons (Fsp3) is 0.214. The van der Waals surface area contributed by atoms with E-state index in [4.69, 9.17) is 4.42 Å². The van der Waals surface area contributed by atoms with Gasteiger partial charge in [-0.15, -0.1) is 0 Å². The van der Waals surface area contributed by atoms with E-state index in [-0.39, 0.29) is 17.1 Å². The third-order valence-electron chi connectivity index (χ3n) is 5.73. The molecule has 0 saturated carbocycles. The van der Waals surface area contributed by atoms with E-state index in [0.29, 0.717) is 28.2 Å². The van der Waals surface area contributed by atoms with Gasteiger partial charge in [-0.25, -0.2) is 0 Å². The molecule has 4 heteroatoms. The monoisotopic (exact) mass is 425 g/mol. The molecule has 4 nitrogen and oxygen atoms in total. The first kappa shape index (κ1) is 21.6. The summed E-state index contributed by atoms with van der Waals surface area (Å²) in [6.07, 6.45) is 0. The van der Waals surface area contributed by atoms with Crippen molar-refractivity contribution in [1.29, 1.82) is 0 Å². The van der Waals surface area contributed by atoms with Gasteiger partial charge in [0.1, 0.15) is 5.58 Å². The molecule has 0 aliphatic rings. The molecule has 4 rings (SSSR count). The average molecular weight is 426 g/mol. The highest BCUT2D eigenvalue weighted by molar-refractivity contribution is 6.11. The highest BCUT2D eigenvalue weighted by Gasteiger charge is 2.20.